The molecule has 2 N–H and O–H groups in total. The monoisotopic (exact) mass is 393 g/mol. The zero-order valence-corrected chi connectivity index (χ0v) is 16.1. The number of carbonyl (C=O) groups excluding carboxylic acids is 2. The van der Waals surface area contributed by atoms with Crippen molar-refractivity contribution in [1.82, 2.24) is 10.3 Å². The van der Waals surface area contributed by atoms with Crippen LogP contribution in [0, 0.1) is 5.92 Å². The van der Waals surface area contributed by atoms with Gasteiger partial charge in [-0.3, -0.25) is 9.59 Å². The van der Waals surface area contributed by atoms with Gasteiger partial charge in [-0.15, -0.1) is 11.3 Å². The molecule has 2 atom stereocenters. The van der Waals surface area contributed by atoms with Crippen LogP contribution in [-0.2, 0) is 16.0 Å². The highest BCUT2D eigenvalue weighted by Gasteiger charge is 2.28. The Labute approximate surface area is 165 Å². The Morgan fingerprint density at radius 1 is 1.18 bits per heavy atom. The molecule has 2 aliphatic rings. The van der Waals surface area contributed by atoms with E-state index in [1.807, 2.05) is 42.8 Å². The highest BCUT2D eigenvalue weighted by Crippen LogP contribution is 2.37. The topological polar surface area (TPSA) is 80.3 Å². The smallest absolute Gasteiger partial charge is 0.228 e. The maximum Gasteiger partial charge on any atom is 0.228 e. The van der Waals surface area contributed by atoms with Crippen LogP contribution in [0.5, 0.6) is 5.75 Å². The molecule has 7 heteroatoms. The van der Waals surface area contributed by atoms with Gasteiger partial charge in [0.15, 0.2) is 0 Å². The Morgan fingerprint density at radius 3 is 2.89 bits per heavy atom. The fourth-order valence-electron chi connectivity index (χ4n) is 3.84. The van der Waals surface area contributed by atoms with Gasteiger partial charge < -0.3 is 15.4 Å². The van der Waals surface area contributed by atoms with E-state index < -0.39 is 0 Å². The lowest BCUT2D eigenvalue weighted by Gasteiger charge is -2.20. The highest BCUT2D eigenvalue weighted by atomic mass is 32.1. The number of aromatic nitrogens is 1. The number of fused-ring (bicyclic) bond motifs is 2. The van der Waals surface area contributed by atoms with Crippen LogP contribution in [-0.4, -0.2) is 29.4 Å². The third-order valence-corrected chi connectivity index (χ3v) is 6.31. The number of hydrogen-bond donors (Lipinski definition) is 2. The SMILES string of the molecule is C[C@@H](Oc1cc(-c2ccc3c(c2)NC(=O)C3)cc2ncsc12)[C@H]1CNC(=O)C1. The molecule has 0 spiro atoms. The third kappa shape index (κ3) is 3.01. The van der Waals surface area contributed by atoms with Crippen molar-refractivity contribution in [2.24, 2.45) is 5.92 Å². The molecule has 2 aliphatic heterocycles. The fraction of sp³-hybridized carbons (Fsp3) is 0.286. The van der Waals surface area contributed by atoms with Crippen molar-refractivity contribution in [3.05, 3.63) is 41.4 Å². The molecule has 1 saturated heterocycles. The lowest BCUT2D eigenvalue weighted by Crippen LogP contribution is -2.25. The summed E-state index contributed by atoms with van der Waals surface area (Å²) in [6.45, 7) is 2.66. The number of thiazole rings is 1. The summed E-state index contributed by atoms with van der Waals surface area (Å²) in [5.74, 6) is 1.05. The first-order valence-corrected chi connectivity index (χ1v) is 10.2. The van der Waals surface area contributed by atoms with Crippen LogP contribution in [0.25, 0.3) is 21.3 Å². The van der Waals surface area contributed by atoms with Gasteiger partial charge in [-0.1, -0.05) is 12.1 Å². The summed E-state index contributed by atoms with van der Waals surface area (Å²) in [6, 6.07) is 10.1. The average molecular weight is 393 g/mol. The maximum atomic E-state index is 11.6. The summed E-state index contributed by atoms with van der Waals surface area (Å²) in [5.41, 5.74) is 6.58. The van der Waals surface area contributed by atoms with E-state index in [9.17, 15) is 9.59 Å². The normalized spacial score (nSPS) is 19.4. The molecule has 3 aromatic rings. The van der Waals surface area contributed by atoms with Gasteiger partial charge in [0, 0.05) is 24.6 Å². The van der Waals surface area contributed by atoms with Gasteiger partial charge in [0.2, 0.25) is 11.8 Å². The zero-order valence-electron chi connectivity index (χ0n) is 15.3. The van der Waals surface area contributed by atoms with E-state index in [0.29, 0.717) is 19.4 Å². The zero-order chi connectivity index (χ0) is 19.3. The Balaban J connectivity index is 1.50. The number of rotatable bonds is 4. The van der Waals surface area contributed by atoms with Crippen molar-refractivity contribution < 1.29 is 14.3 Å². The van der Waals surface area contributed by atoms with E-state index in [2.05, 4.69) is 15.6 Å². The summed E-state index contributed by atoms with van der Waals surface area (Å²) in [6.07, 6.45) is 0.844. The Kier molecular flexibility index (Phi) is 4.05. The van der Waals surface area contributed by atoms with Crippen LogP contribution in [0.2, 0.25) is 0 Å². The van der Waals surface area contributed by atoms with Crippen LogP contribution >= 0.6 is 11.3 Å². The van der Waals surface area contributed by atoms with Crippen molar-refractivity contribution in [1.29, 1.82) is 0 Å². The number of carbonyl (C=O) groups is 2. The van der Waals surface area contributed by atoms with E-state index in [4.69, 9.17) is 4.74 Å². The summed E-state index contributed by atoms with van der Waals surface area (Å²) in [7, 11) is 0. The molecular formula is C21H19N3O3S. The number of nitrogens with one attached hydrogen (secondary N) is 2. The van der Waals surface area contributed by atoms with Gasteiger partial charge in [-0.25, -0.2) is 4.98 Å². The molecule has 2 amide bonds. The summed E-state index contributed by atoms with van der Waals surface area (Å²) >= 11 is 1.55. The number of nitrogens with zero attached hydrogens (tertiary/aromatic N) is 1. The lowest BCUT2D eigenvalue weighted by atomic mass is 10.0. The second-order valence-corrected chi connectivity index (χ2v) is 8.22. The molecule has 1 fully saturated rings. The molecule has 142 valence electrons. The molecule has 2 aromatic carbocycles. The molecule has 0 radical (unpaired) electrons. The van der Waals surface area contributed by atoms with Gasteiger partial charge in [-0.2, -0.15) is 0 Å². The van der Waals surface area contributed by atoms with E-state index in [1.54, 1.807) is 11.3 Å². The predicted octanol–water partition coefficient (Wildman–Crippen LogP) is 3.36. The first-order valence-electron chi connectivity index (χ1n) is 9.30. The highest BCUT2D eigenvalue weighted by molar-refractivity contribution is 7.17. The van der Waals surface area contributed by atoms with E-state index in [1.165, 1.54) is 0 Å². The van der Waals surface area contributed by atoms with Gasteiger partial charge in [-0.05, 0) is 41.8 Å². The van der Waals surface area contributed by atoms with Crippen molar-refractivity contribution >= 4 is 39.1 Å². The van der Waals surface area contributed by atoms with Crippen LogP contribution in [0.4, 0.5) is 5.69 Å². The van der Waals surface area contributed by atoms with Gasteiger partial charge in [0.25, 0.3) is 0 Å². The number of amides is 2. The second kappa shape index (κ2) is 6.60. The Hall–Kier alpha value is -2.93. The summed E-state index contributed by atoms with van der Waals surface area (Å²) < 4.78 is 7.30. The molecule has 0 bridgehead atoms. The Bertz CT molecular complexity index is 1110. The van der Waals surface area contributed by atoms with Crippen molar-refractivity contribution in [2.75, 3.05) is 11.9 Å². The van der Waals surface area contributed by atoms with Gasteiger partial charge >= 0.3 is 0 Å². The summed E-state index contributed by atoms with van der Waals surface area (Å²) in [5, 5.41) is 5.78. The minimum atomic E-state index is -0.0844. The van der Waals surface area contributed by atoms with Crippen LogP contribution < -0.4 is 15.4 Å². The van der Waals surface area contributed by atoms with Crippen molar-refractivity contribution in [3.63, 3.8) is 0 Å². The molecule has 0 saturated carbocycles. The van der Waals surface area contributed by atoms with Crippen LogP contribution in [0.3, 0.4) is 0 Å². The molecule has 6 nitrogen and oxygen atoms in total. The van der Waals surface area contributed by atoms with Crippen molar-refractivity contribution in [3.8, 4) is 16.9 Å². The molecule has 1 aromatic heterocycles. The van der Waals surface area contributed by atoms with Gasteiger partial charge in [0.05, 0.1) is 22.1 Å². The molecule has 28 heavy (non-hydrogen) atoms. The minimum absolute atomic E-state index is 0.0275. The largest absolute Gasteiger partial charge is 0.489 e. The molecule has 0 aliphatic carbocycles. The third-order valence-electron chi connectivity index (χ3n) is 5.45. The molecule has 5 rings (SSSR count). The van der Waals surface area contributed by atoms with Gasteiger partial charge in [0.1, 0.15) is 11.9 Å². The van der Waals surface area contributed by atoms with Crippen LogP contribution in [0.15, 0.2) is 35.8 Å². The number of ether oxygens (including phenoxy) is 1. The fourth-order valence-corrected chi connectivity index (χ4v) is 4.57. The standard InChI is InChI=1S/C21H19N3O3S/c1-11(15-8-19(25)22-9-15)27-18-6-14(5-17-21(18)28-10-23-17)12-2-3-13-7-20(26)24-16(13)4-12/h2-6,10-11,15H,7-9H2,1H3,(H,22,25)(H,24,26)/t11-,15-/m1/s1. The first kappa shape index (κ1) is 17.2. The van der Waals surface area contributed by atoms with Crippen molar-refractivity contribution in [2.45, 2.75) is 25.9 Å². The summed E-state index contributed by atoms with van der Waals surface area (Å²) in [4.78, 5) is 27.6. The first-order chi connectivity index (χ1) is 13.6. The molecule has 0 unspecified atom stereocenters. The number of anilines is 1. The number of benzene rings is 2. The quantitative estimate of drug-likeness (QED) is 0.712. The molecular weight excluding hydrogens is 374 g/mol. The maximum absolute atomic E-state index is 11.6. The predicted molar refractivity (Wildman–Crippen MR) is 109 cm³/mol. The molecule has 3 heterocycles. The lowest BCUT2D eigenvalue weighted by molar-refractivity contribution is -0.119. The van der Waals surface area contributed by atoms with E-state index in [0.717, 1.165) is 38.3 Å². The average Bonchev–Trinajstić information content (AvgIpc) is 3.39. The number of hydrogen-bond acceptors (Lipinski definition) is 5. The second-order valence-electron chi connectivity index (χ2n) is 7.36. The van der Waals surface area contributed by atoms with E-state index >= 15 is 0 Å². The minimum Gasteiger partial charge on any atom is -0.489 e. The van der Waals surface area contributed by atoms with Crippen LogP contribution in [0.1, 0.15) is 18.9 Å². The van der Waals surface area contributed by atoms with E-state index in [-0.39, 0.29) is 23.8 Å². The Morgan fingerprint density at radius 2 is 2.07 bits per heavy atom.